The number of halogens is 3. The first-order chi connectivity index (χ1) is 13.4. The number of amides is 1. The van der Waals surface area contributed by atoms with Crippen LogP contribution in [0.15, 0.2) is 24.3 Å². The molecule has 1 atom stereocenters. The third-order valence-electron chi connectivity index (χ3n) is 5.59. The average Bonchev–Trinajstić information content (AvgIpc) is 3.39. The molecule has 29 heavy (non-hydrogen) atoms. The molecule has 162 valence electrons. The molecule has 0 spiro atoms. The van der Waals surface area contributed by atoms with Gasteiger partial charge < -0.3 is 9.64 Å². The van der Waals surface area contributed by atoms with E-state index >= 15 is 0 Å². The molecule has 1 N–H and O–H groups in total. The number of anilines is 1. The molecule has 0 radical (unpaired) electrons. The van der Waals surface area contributed by atoms with Crippen molar-refractivity contribution in [1.29, 1.82) is 0 Å². The van der Waals surface area contributed by atoms with Crippen LogP contribution in [0.1, 0.15) is 39.5 Å². The lowest BCUT2D eigenvalue weighted by Gasteiger charge is -2.24. The van der Waals surface area contributed by atoms with Crippen molar-refractivity contribution in [3.63, 3.8) is 0 Å². The van der Waals surface area contributed by atoms with Crippen LogP contribution < -0.4 is 14.4 Å². The molecule has 1 heterocycles. The highest BCUT2D eigenvalue weighted by Crippen LogP contribution is 2.47. The number of rotatable bonds is 8. The predicted molar refractivity (Wildman–Crippen MR) is 102 cm³/mol. The SMILES string of the molecule is CC(C)(CCS(=O)(=O)NC1CCN(c2cccc(OC(F)(F)F)c2)C1=O)C1CC1. The van der Waals surface area contributed by atoms with Gasteiger partial charge >= 0.3 is 6.36 Å². The summed E-state index contributed by atoms with van der Waals surface area (Å²) in [7, 11) is -3.65. The summed E-state index contributed by atoms with van der Waals surface area (Å²) in [5.41, 5.74) is 0.174. The van der Waals surface area contributed by atoms with Crippen molar-refractivity contribution in [3.05, 3.63) is 24.3 Å². The number of hydrogen-bond donors (Lipinski definition) is 1. The number of alkyl halides is 3. The molecule has 2 aliphatic rings. The van der Waals surface area contributed by atoms with E-state index in [4.69, 9.17) is 0 Å². The first-order valence-electron chi connectivity index (χ1n) is 9.53. The highest BCUT2D eigenvalue weighted by atomic mass is 32.2. The van der Waals surface area contributed by atoms with Crippen LogP contribution in [-0.2, 0) is 14.8 Å². The average molecular weight is 434 g/mol. The maximum absolute atomic E-state index is 12.6. The Labute approximate surface area is 168 Å². The second-order valence-electron chi connectivity index (χ2n) is 8.33. The lowest BCUT2D eigenvalue weighted by atomic mass is 9.85. The zero-order valence-electron chi connectivity index (χ0n) is 16.3. The largest absolute Gasteiger partial charge is 0.573 e. The zero-order chi connectivity index (χ0) is 21.4. The van der Waals surface area contributed by atoms with Crippen molar-refractivity contribution in [2.24, 2.45) is 11.3 Å². The maximum atomic E-state index is 12.6. The lowest BCUT2D eigenvalue weighted by Crippen LogP contribution is -2.43. The minimum Gasteiger partial charge on any atom is -0.406 e. The van der Waals surface area contributed by atoms with Crippen LogP contribution in [-0.4, -0.2) is 39.0 Å². The van der Waals surface area contributed by atoms with Gasteiger partial charge in [-0.3, -0.25) is 4.79 Å². The van der Waals surface area contributed by atoms with Crippen molar-refractivity contribution in [1.82, 2.24) is 4.72 Å². The van der Waals surface area contributed by atoms with Crippen molar-refractivity contribution < 1.29 is 31.1 Å². The Morgan fingerprint density at radius 3 is 2.52 bits per heavy atom. The Morgan fingerprint density at radius 2 is 1.90 bits per heavy atom. The number of nitrogens with one attached hydrogen (secondary N) is 1. The summed E-state index contributed by atoms with van der Waals surface area (Å²) in [5.74, 6) is -0.435. The Balaban J connectivity index is 1.61. The summed E-state index contributed by atoms with van der Waals surface area (Å²) in [6.07, 6.45) is -1.84. The second kappa shape index (κ2) is 7.79. The summed E-state index contributed by atoms with van der Waals surface area (Å²) < 4.78 is 68.5. The van der Waals surface area contributed by atoms with E-state index in [0.29, 0.717) is 12.3 Å². The summed E-state index contributed by atoms with van der Waals surface area (Å²) in [6, 6.07) is 4.16. The predicted octanol–water partition coefficient (Wildman–Crippen LogP) is 3.44. The number of hydrogen-bond acceptors (Lipinski definition) is 4. The first kappa shape index (κ1) is 21.9. The van der Waals surface area contributed by atoms with E-state index in [-0.39, 0.29) is 29.8 Å². The number of ether oxygens (including phenoxy) is 1. The molecule has 1 unspecified atom stereocenters. The van der Waals surface area contributed by atoms with Gasteiger partial charge in [0.25, 0.3) is 0 Å². The number of carbonyl (C=O) groups is 1. The van der Waals surface area contributed by atoms with Gasteiger partial charge in [-0.25, -0.2) is 13.1 Å². The van der Waals surface area contributed by atoms with E-state index in [1.165, 1.54) is 17.0 Å². The molecule has 1 aromatic rings. The van der Waals surface area contributed by atoms with E-state index in [1.807, 2.05) is 0 Å². The van der Waals surface area contributed by atoms with E-state index < -0.39 is 34.1 Å². The van der Waals surface area contributed by atoms with E-state index in [9.17, 15) is 26.4 Å². The molecule has 1 amide bonds. The number of carbonyl (C=O) groups excluding carboxylic acids is 1. The second-order valence-corrected chi connectivity index (χ2v) is 10.2. The first-order valence-corrected chi connectivity index (χ1v) is 11.2. The molecule has 3 rings (SSSR count). The van der Waals surface area contributed by atoms with E-state index in [1.54, 1.807) is 0 Å². The van der Waals surface area contributed by atoms with E-state index in [2.05, 4.69) is 23.3 Å². The topological polar surface area (TPSA) is 75.7 Å². The lowest BCUT2D eigenvalue weighted by molar-refractivity contribution is -0.274. The third kappa shape index (κ3) is 5.85. The van der Waals surface area contributed by atoms with Gasteiger partial charge in [0.15, 0.2) is 0 Å². The molecule has 1 aliphatic carbocycles. The molecule has 1 saturated heterocycles. The molecular weight excluding hydrogens is 409 g/mol. The molecule has 1 aliphatic heterocycles. The molecule has 0 aromatic heterocycles. The molecule has 6 nitrogen and oxygen atoms in total. The standard InChI is InChI=1S/C19H25F3N2O4S/c1-18(2,13-6-7-13)9-11-29(26,27)23-16-8-10-24(17(16)25)14-4-3-5-15(12-14)28-19(20,21)22/h3-5,12-13,16,23H,6-11H2,1-2H3. The normalized spacial score (nSPS) is 20.9. The van der Waals surface area contributed by atoms with Crippen LogP contribution >= 0.6 is 0 Å². The summed E-state index contributed by atoms with van der Waals surface area (Å²) >= 11 is 0. The van der Waals surface area contributed by atoms with Crippen LogP contribution in [0.25, 0.3) is 0 Å². The molecule has 2 fully saturated rings. The van der Waals surface area contributed by atoms with Crippen LogP contribution in [0.2, 0.25) is 0 Å². The van der Waals surface area contributed by atoms with Gasteiger partial charge in [-0.05, 0) is 49.1 Å². The Bertz CT molecular complexity index is 866. The van der Waals surface area contributed by atoms with Gasteiger partial charge in [0, 0.05) is 18.3 Å². The zero-order valence-corrected chi connectivity index (χ0v) is 17.1. The Morgan fingerprint density at radius 1 is 1.21 bits per heavy atom. The summed E-state index contributed by atoms with van der Waals surface area (Å²) in [4.78, 5) is 13.9. The maximum Gasteiger partial charge on any atom is 0.573 e. The minimum atomic E-state index is -4.83. The highest BCUT2D eigenvalue weighted by Gasteiger charge is 2.40. The highest BCUT2D eigenvalue weighted by molar-refractivity contribution is 7.89. The molecular formula is C19H25F3N2O4S. The smallest absolute Gasteiger partial charge is 0.406 e. The third-order valence-corrected chi connectivity index (χ3v) is 6.97. The summed E-state index contributed by atoms with van der Waals surface area (Å²) in [6.45, 7) is 4.31. The van der Waals surface area contributed by atoms with Crippen molar-refractivity contribution >= 4 is 21.6 Å². The van der Waals surface area contributed by atoms with Gasteiger partial charge in [-0.1, -0.05) is 19.9 Å². The van der Waals surface area contributed by atoms with Crippen LogP contribution in [0.3, 0.4) is 0 Å². The van der Waals surface area contributed by atoms with Crippen molar-refractivity contribution in [3.8, 4) is 5.75 Å². The van der Waals surface area contributed by atoms with Crippen molar-refractivity contribution in [2.45, 2.75) is 51.9 Å². The molecule has 1 aromatic carbocycles. The summed E-state index contributed by atoms with van der Waals surface area (Å²) in [5, 5.41) is 0. The monoisotopic (exact) mass is 434 g/mol. The van der Waals surface area contributed by atoms with Crippen molar-refractivity contribution in [2.75, 3.05) is 17.2 Å². The molecule has 0 bridgehead atoms. The number of benzene rings is 1. The van der Waals surface area contributed by atoms with Gasteiger partial charge in [-0.15, -0.1) is 13.2 Å². The minimum absolute atomic E-state index is 0.0562. The number of sulfonamides is 1. The molecule has 10 heteroatoms. The fraction of sp³-hybridized carbons (Fsp3) is 0.632. The number of nitrogens with zero attached hydrogens (tertiary/aromatic N) is 1. The molecule has 1 saturated carbocycles. The van der Waals surface area contributed by atoms with Crippen LogP contribution in [0.4, 0.5) is 18.9 Å². The van der Waals surface area contributed by atoms with E-state index in [0.717, 1.165) is 25.0 Å². The fourth-order valence-electron chi connectivity index (χ4n) is 3.64. The Kier molecular flexibility index (Phi) is 5.88. The van der Waals surface area contributed by atoms with Gasteiger partial charge in [0.2, 0.25) is 15.9 Å². The fourth-order valence-corrected chi connectivity index (χ4v) is 5.20. The van der Waals surface area contributed by atoms with Crippen LogP contribution in [0.5, 0.6) is 5.75 Å². The van der Waals surface area contributed by atoms with Crippen LogP contribution in [0, 0.1) is 11.3 Å². The quantitative estimate of drug-likeness (QED) is 0.680. The van der Waals surface area contributed by atoms with Gasteiger partial charge in [0.1, 0.15) is 11.8 Å². The van der Waals surface area contributed by atoms with Gasteiger partial charge in [0.05, 0.1) is 5.75 Å². The Hall–Kier alpha value is -1.81. The van der Waals surface area contributed by atoms with Gasteiger partial charge in [-0.2, -0.15) is 0 Å².